The van der Waals surface area contributed by atoms with Gasteiger partial charge in [-0.05, 0) is 32.7 Å². The van der Waals surface area contributed by atoms with Crippen LogP contribution in [0.3, 0.4) is 0 Å². The van der Waals surface area contributed by atoms with Gasteiger partial charge in [0.2, 0.25) is 11.9 Å². The Labute approximate surface area is 101 Å². The summed E-state index contributed by atoms with van der Waals surface area (Å²) in [5.74, 6) is 0.639. The van der Waals surface area contributed by atoms with Gasteiger partial charge in [-0.25, -0.2) is 15.3 Å². The van der Waals surface area contributed by atoms with Gasteiger partial charge in [-0.15, -0.1) is 0 Å². The molecule has 96 valence electrons. The second kappa shape index (κ2) is 5.46. The van der Waals surface area contributed by atoms with Crippen molar-refractivity contribution in [2.24, 2.45) is 4.99 Å². The molecule has 0 spiro atoms. The zero-order valence-electron chi connectivity index (χ0n) is 10.4. The number of nitrogens with one attached hydrogen (secondary N) is 2. The van der Waals surface area contributed by atoms with E-state index < -0.39 is 0 Å². The molecule has 0 aromatic carbocycles. The fourth-order valence-electron chi connectivity index (χ4n) is 2.13. The number of aliphatic imine (C=N–C) groups is 1. The van der Waals surface area contributed by atoms with E-state index in [0.717, 1.165) is 25.7 Å². The van der Waals surface area contributed by atoms with E-state index in [2.05, 4.69) is 15.8 Å². The molecule has 2 heterocycles. The number of rotatable bonds is 2. The lowest BCUT2D eigenvalue weighted by atomic mass is 10.1. The topological polar surface area (TPSA) is 66.0 Å². The van der Waals surface area contributed by atoms with Crippen molar-refractivity contribution in [2.75, 3.05) is 13.6 Å². The number of nitrogens with zero attached hydrogens (tertiary/aromatic N) is 2. The lowest BCUT2D eigenvalue weighted by Crippen LogP contribution is -2.49. The van der Waals surface area contributed by atoms with E-state index >= 15 is 0 Å². The van der Waals surface area contributed by atoms with E-state index in [1.54, 1.807) is 4.90 Å². The molecular weight excluding hydrogens is 220 g/mol. The SMILES string of the molecule is CCC1N=C(N2CCCCC(NC)C2=O)NO1. The van der Waals surface area contributed by atoms with Crippen LogP contribution in [0.2, 0.25) is 0 Å². The third-order valence-electron chi connectivity index (χ3n) is 3.19. The highest BCUT2D eigenvalue weighted by atomic mass is 16.7. The predicted octanol–water partition coefficient (Wildman–Crippen LogP) is 0.214. The average Bonchev–Trinajstić information content (AvgIpc) is 2.74. The molecule has 2 rings (SSSR count). The highest BCUT2D eigenvalue weighted by Gasteiger charge is 2.31. The number of carbonyl (C=O) groups is 1. The van der Waals surface area contributed by atoms with Crippen molar-refractivity contribution in [2.45, 2.75) is 44.9 Å². The van der Waals surface area contributed by atoms with Gasteiger partial charge in [0.15, 0.2) is 6.23 Å². The van der Waals surface area contributed by atoms with E-state index in [-0.39, 0.29) is 18.2 Å². The number of amides is 1. The standard InChI is InChI=1S/C11H20N4O2/c1-3-9-13-11(14-17-9)15-7-5-4-6-8(12-2)10(15)16/h8-9,12H,3-7H2,1-2H3,(H,13,14). The van der Waals surface area contributed by atoms with Gasteiger partial charge in [0.1, 0.15) is 0 Å². The molecule has 6 heteroatoms. The normalized spacial score (nSPS) is 29.9. The van der Waals surface area contributed by atoms with Crippen LogP contribution < -0.4 is 10.8 Å². The second-order valence-corrected chi connectivity index (χ2v) is 4.36. The van der Waals surface area contributed by atoms with Crippen molar-refractivity contribution in [3.63, 3.8) is 0 Å². The number of likely N-dealkylation sites (N-methyl/N-ethyl adjacent to an activating group) is 1. The third kappa shape index (κ3) is 2.58. The molecular formula is C11H20N4O2. The molecule has 17 heavy (non-hydrogen) atoms. The zero-order valence-corrected chi connectivity index (χ0v) is 10.4. The molecule has 0 aliphatic carbocycles. The fourth-order valence-corrected chi connectivity index (χ4v) is 2.13. The Balaban J connectivity index is 2.10. The molecule has 2 unspecified atom stereocenters. The Morgan fingerprint density at radius 3 is 3.06 bits per heavy atom. The summed E-state index contributed by atoms with van der Waals surface area (Å²) >= 11 is 0. The van der Waals surface area contributed by atoms with Crippen LogP contribution in [0.4, 0.5) is 0 Å². The quantitative estimate of drug-likeness (QED) is 0.724. The number of hydrogen-bond donors (Lipinski definition) is 2. The van der Waals surface area contributed by atoms with Crippen molar-refractivity contribution in [3.8, 4) is 0 Å². The molecule has 0 aromatic rings. The predicted molar refractivity (Wildman–Crippen MR) is 64.1 cm³/mol. The largest absolute Gasteiger partial charge is 0.309 e. The summed E-state index contributed by atoms with van der Waals surface area (Å²) in [5, 5.41) is 3.06. The van der Waals surface area contributed by atoms with Crippen LogP contribution in [-0.4, -0.2) is 42.6 Å². The molecule has 0 aromatic heterocycles. The summed E-state index contributed by atoms with van der Waals surface area (Å²) in [7, 11) is 1.82. The summed E-state index contributed by atoms with van der Waals surface area (Å²) < 4.78 is 0. The van der Waals surface area contributed by atoms with Crippen molar-refractivity contribution in [1.29, 1.82) is 0 Å². The smallest absolute Gasteiger partial charge is 0.246 e. The molecule has 1 amide bonds. The van der Waals surface area contributed by atoms with Gasteiger partial charge < -0.3 is 5.32 Å². The Hall–Kier alpha value is -1.14. The molecule has 2 N–H and O–H groups in total. The van der Waals surface area contributed by atoms with Crippen LogP contribution in [0, 0.1) is 0 Å². The van der Waals surface area contributed by atoms with Gasteiger partial charge >= 0.3 is 0 Å². The van der Waals surface area contributed by atoms with Crippen molar-refractivity contribution >= 4 is 11.9 Å². The first-order valence-corrected chi connectivity index (χ1v) is 6.24. The zero-order chi connectivity index (χ0) is 12.3. The lowest BCUT2D eigenvalue weighted by molar-refractivity contribution is -0.129. The molecule has 2 aliphatic rings. The van der Waals surface area contributed by atoms with Gasteiger partial charge in [0, 0.05) is 6.54 Å². The van der Waals surface area contributed by atoms with Gasteiger partial charge in [0.25, 0.3) is 0 Å². The highest BCUT2D eigenvalue weighted by molar-refractivity contribution is 5.99. The van der Waals surface area contributed by atoms with Crippen molar-refractivity contribution < 1.29 is 9.63 Å². The highest BCUT2D eigenvalue weighted by Crippen LogP contribution is 2.15. The minimum absolute atomic E-state index is 0.0802. The molecule has 2 aliphatic heterocycles. The molecule has 0 saturated carbocycles. The number of hydroxylamine groups is 1. The van der Waals surface area contributed by atoms with Gasteiger partial charge in [-0.3, -0.25) is 9.69 Å². The average molecular weight is 240 g/mol. The minimum Gasteiger partial charge on any atom is -0.309 e. The van der Waals surface area contributed by atoms with Crippen molar-refractivity contribution in [1.82, 2.24) is 15.7 Å². The van der Waals surface area contributed by atoms with Crippen LogP contribution in [0.15, 0.2) is 4.99 Å². The lowest BCUT2D eigenvalue weighted by Gasteiger charge is -2.22. The van der Waals surface area contributed by atoms with Crippen LogP contribution in [0.5, 0.6) is 0 Å². The maximum absolute atomic E-state index is 12.2. The van der Waals surface area contributed by atoms with Crippen molar-refractivity contribution in [3.05, 3.63) is 0 Å². The third-order valence-corrected chi connectivity index (χ3v) is 3.19. The summed E-state index contributed by atoms with van der Waals surface area (Å²) in [6.07, 6.45) is 3.57. The monoisotopic (exact) mass is 240 g/mol. The minimum atomic E-state index is -0.172. The first-order valence-electron chi connectivity index (χ1n) is 6.24. The molecule has 0 radical (unpaired) electrons. The van der Waals surface area contributed by atoms with Crippen LogP contribution in [-0.2, 0) is 9.63 Å². The van der Waals surface area contributed by atoms with Gasteiger partial charge in [0.05, 0.1) is 6.04 Å². The summed E-state index contributed by atoms with van der Waals surface area (Å²) in [4.78, 5) is 23.6. The molecule has 2 atom stereocenters. The number of likely N-dealkylation sites (tertiary alicyclic amines) is 1. The number of guanidine groups is 1. The van der Waals surface area contributed by atoms with Crippen LogP contribution in [0.1, 0.15) is 32.6 Å². The summed E-state index contributed by atoms with van der Waals surface area (Å²) in [6.45, 7) is 2.71. The first-order chi connectivity index (χ1) is 8.26. The Bertz CT molecular complexity index is 319. The Morgan fingerprint density at radius 2 is 2.41 bits per heavy atom. The first kappa shape index (κ1) is 12.3. The van der Waals surface area contributed by atoms with Gasteiger partial charge in [-0.2, -0.15) is 0 Å². The molecule has 1 fully saturated rings. The van der Waals surface area contributed by atoms with E-state index in [0.29, 0.717) is 12.5 Å². The number of hydrogen-bond acceptors (Lipinski definition) is 5. The molecule has 0 bridgehead atoms. The maximum Gasteiger partial charge on any atom is 0.246 e. The van der Waals surface area contributed by atoms with E-state index in [9.17, 15) is 4.79 Å². The molecule has 1 saturated heterocycles. The Morgan fingerprint density at radius 1 is 1.59 bits per heavy atom. The number of carbonyl (C=O) groups excluding carboxylic acids is 1. The van der Waals surface area contributed by atoms with E-state index in [1.807, 2.05) is 14.0 Å². The van der Waals surface area contributed by atoms with Crippen LogP contribution >= 0.6 is 0 Å². The fraction of sp³-hybridized carbons (Fsp3) is 0.818. The molecule has 6 nitrogen and oxygen atoms in total. The summed E-state index contributed by atoms with van der Waals surface area (Å²) in [5.41, 5.74) is 2.76. The van der Waals surface area contributed by atoms with E-state index in [4.69, 9.17) is 4.84 Å². The maximum atomic E-state index is 12.2. The Kier molecular flexibility index (Phi) is 3.96. The van der Waals surface area contributed by atoms with Crippen LogP contribution in [0.25, 0.3) is 0 Å². The van der Waals surface area contributed by atoms with Gasteiger partial charge in [-0.1, -0.05) is 6.92 Å². The summed E-state index contributed by atoms with van der Waals surface area (Å²) in [6, 6.07) is -0.109. The second-order valence-electron chi connectivity index (χ2n) is 4.36. The van der Waals surface area contributed by atoms with E-state index in [1.165, 1.54) is 0 Å².